The zero-order valence-corrected chi connectivity index (χ0v) is 10.8. The van der Waals surface area contributed by atoms with Gasteiger partial charge in [-0.25, -0.2) is 5.10 Å². The molecule has 2 aromatic rings. The van der Waals surface area contributed by atoms with E-state index in [0.29, 0.717) is 10.7 Å². The second-order valence-electron chi connectivity index (χ2n) is 3.37. The molecule has 19 heavy (non-hydrogen) atoms. The predicted octanol–water partition coefficient (Wildman–Crippen LogP) is 1.69. The van der Waals surface area contributed by atoms with Crippen LogP contribution in [-0.4, -0.2) is 27.0 Å². The van der Waals surface area contributed by atoms with Gasteiger partial charge in [0.15, 0.2) is 0 Å². The van der Waals surface area contributed by atoms with Crippen molar-refractivity contribution in [1.29, 1.82) is 0 Å². The Balaban J connectivity index is 2.00. The van der Waals surface area contributed by atoms with Crippen LogP contribution in [0, 0.1) is 0 Å². The molecule has 0 unspecified atom stereocenters. The van der Waals surface area contributed by atoms with Gasteiger partial charge < -0.3 is 5.32 Å². The van der Waals surface area contributed by atoms with Crippen LogP contribution in [0.3, 0.4) is 0 Å². The molecule has 9 heteroatoms. The lowest BCUT2D eigenvalue weighted by Gasteiger charge is -2.05. The van der Waals surface area contributed by atoms with E-state index in [0.717, 1.165) is 0 Å². The lowest BCUT2D eigenvalue weighted by Crippen LogP contribution is -2.29. The number of anilines is 2. The van der Waals surface area contributed by atoms with Crippen LogP contribution in [-0.2, 0) is 9.59 Å². The van der Waals surface area contributed by atoms with E-state index in [4.69, 9.17) is 23.2 Å². The Kier molecular flexibility index (Phi) is 3.98. The average molecular weight is 300 g/mol. The SMILES string of the molecule is O=C(Nc1ccc(Cl)c(Cl)c1)C(=O)Nc1ncn[nH]1. The number of hydrogen-bond donors (Lipinski definition) is 3. The number of nitrogens with zero attached hydrogens (tertiary/aromatic N) is 2. The molecule has 7 nitrogen and oxygen atoms in total. The third-order valence-corrected chi connectivity index (χ3v) is 2.77. The summed E-state index contributed by atoms with van der Waals surface area (Å²) in [5.41, 5.74) is 0.354. The van der Waals surface area contributed by atoms with Crippen molar-refractivity contribution in [2.75, 3.05) is 10.6 Å². The molecule has 1 heterocycles. The van der Waals surface area contributed by atoms with Crippen molar-refractivity contribution in [2.24, 2.45) is 0 Å². The normalized spacial score (nSPS) is 10.0. The molecule has 98 valence electrons. The first-order chi connectivity index (χ1) is 9.06. The molecule has 0 aliphatic carbocycles. The summed E-state index contributed by atoms with van der Waals surface area (Å²) < 4.78 is 0. The minimum atomic E-state index is -0.886. The fourth-order valence-electron chi connectivity index (χ4n) is 1.19. The van der Waals surface area contributed by atoms with Crippen molar-refractivity contribution in [1.82, 2.24) is 15.2 Å². The largest absolute Gasteiger partial charge is 0.318 e. The van der Waals surface area contributed by atoms with Crippen LogP contribution in [0.1, 0.15) is 0 Å². The highest BCUT2D eigenvalue weighted by Crippen LogP contribution is 2.24. The van der Waals surface area contributed by atoms with Gasteiger partial charge >= 0.3 is 11.8 Å². The van der Waals surface area contributed by atoms with Crippen LogP contribution in [0.4, 0.5) is 11.6 Å². The first-order valence-electron chi connectivity index (χ1n) is 4.99. The molecule has 0 radical (unpaired) electrons. The van der Waals surface area contributed by atoms with Crippen LogP contribution in [0.2, 0.25) is 10.0 Å². The number of rotatable bonds is 2. The molecule has 0 spiro atoms. The van der Waals surface area contributed by atoms with Gasteiger partial charge in [-0.2, -0.15) is 10.1 Å². The molecule has 0 aliphatic heterocycles. The Bertz CT molecular complexity index is 614. The summed E-state index contributed by atoms with van der Waals surface area (Å²) in [6, 6.07) is 4.46. The average Bonchev–Trinajstić information content (AvgIpc) is 2.86. The number of aromatic amines is 1. The van der Waals surface area contributed by atoms with E-state index in [2.05, 4.69) is 25.8 Å². The Morgan fingerprint density at radius 2 is 1.84 bits per heavy atom. The van der Waals surface area contributed by atoms with Crippen LogP contribution in [0.25, 0.3) is 0 Å². The van der Waals surface area contributed by atoms with Gasteiger partial charge in [0.25, 0.3) is 0 Å². The molecule has 0 aliphatic rings. The summed E-state index contributed by atoms with van der Waals surface area (Å²) in [7, 11) is 0. The van der Waals surface area contributed by atoms with Gasteiger partial charge in [-0.1, -0.05) is 23.2 Å². The van der Waals surface area contributed by atoms with Crippen molar-refractivity contribution < 1.29 is 9.59 Å². The van der Waals surface area contributed by atoms with Crippen molar-refractivity contribution in [3.8, 4) is 0 Å². The quantitative estimate of drug-likeness (QED) is 0.735. The third kappa shape index (κ3) is 3.43. The maximum absolute atomic E-state index is 11.6. The fraction of sp³-hybridized carbons (Fsp3) is 0. The highest BCUT2D eigenvalue weighted by atomic mass is 35.5. The Labute approximate surface area is 117 Å². The van der Waals surface area contributed by atoms with Gasteiger partial charge in [-0.05, 0) is 18.2 Å². The molecule has 0 atom stereocenters. The summed E-state index contributed by atoms with van der Waals surface area (Å²) in [5, 5.41) is 11.1. The first kappa shape index (κ1) is 13.3. The topological polar surface area (TPSA) is 99.8 Å². The van der Waals surface area contributed by atoms with Gasteiger partial charge in [0, 0.05) is 5.69 Å². The van der Waals surface area contributed by atoms with Crippen LogP contribution >= 0.6 is 23.2 Å². The Morgan fingerprint density at radius 1 is 1.11 bits per heavy atom. The third-order valence-electron chi connectivity index (χ3n) is 2.03. The van der Waals surface area contributed by atoms with Crippen LogP contribution in [0.5, 0.6) is 0 Å². The van der Waals surface area contributed by atoms with Gasteiger partial charge in [0.2, 0.25) is 5.95 Å². The zero-order valence-electron chi connectivity index (χ0n) is 9.28. The van der Waals surface area contributed by atoms with Crippen molar-refractivity contribution in [3.63, 3.8) is 0 Å². The van der Waals surface area contributed by atoms with E-state index in [-0.39, 0.29) is 11.0 Å². The molecule has 0 fully saturated rings. The van der Waals surface area contributed by atoms with E-state index in [1.54, 1.807) is 0 Å². The summed E-state index contributed by atoms with van der Waals surface area (Å²) in [5.74, 6) is -1.67. The fourth-order valence-corrected chi connectivity index (χ4v) is 1.49. The summed E-state index contributed by atoms with van der Waals surface area (Å²) >= 11 is 11.5. The Morgan fingerprint density at radius 3 is 2.47 bits per heavy atom. The van der Waals surface area contributed by atoms with Gasteiger partial charge in [-0.15, -0.1) is 0 Å². The monoisotopic (exact) mass is 299 g/mol. The molecule has 3 N–H and O–H groups in total. The molecule has 2 amide bonds. The Hall–Kier alpha value is -2.12. The highest BCUT2D eigenvalue weighted by Gasteiger charge is 2.15. The van der Waals surface area contributed by atoms with E-state index in [1.807, 2.05) is 0 Å². The lowest BCUT2D eigenvalue weighted by molar-refractivity contribution is -0.133. The molecule has 0 saturated carbocycles. The van der Waals surface area contributed by atoms with Gasteiger partial charge in [0.1, 0.15) is 6.33 Å². The van der Waals surface area contributed by atoms with E-state index < -0.39 is 11.8 Å². The number of nitrogens with one attached hydrogen (secondary N) is 3. The summed E-state index contributed by atoms with van der Waals surface area (Å²) in [6.45, 7) is 0. The smallest absolute Gasteiger partial charge is 0.316 e. The lowest BCUT2D eigenvalue weighted by atomic mass is 10.3. The van der Waals surface area contributed by atoms with Crippen molar-refractivity contribution >= 4 is 46.7 Å². The number of H-pyrrole nitrogens is 1. The molecular weight excluding hydrogens is 293 g/mol. The van der Waals surface area contributed by atoms with Gasteiger partial charge in [-0.3, -0.25) is 14.9 Å². The van der Waals surface area contributed by atoms with E-state index >= 15 is 0 Å². The number of halogens is 2. The molecule has 2 rings (SSSR count). The van der Waals surface area contributed by atoms with Crippen molar-refractivity contribution in [2.45, 2.75) is 0 Å². The number of amides is 2. The van der Waals surface area contributed by atoms with Crippen LogP contribution < -0.4 is 10.6 Å². The second kappa shape index (κ2) is 5.68. The molecule has 1 aromatic heterocycles. The van der Waals surface area contributed by atoms with E-state index in [1.165, 1.54) is 24.5 Å². The minimum absolute atomic E-state index is 0.0780. The summed E-state index contributed by atoms with van der Waals surface area (Å²) in [4.78, 5) is 26.7. The number of benzene rings is 1. The molecule has 0 bridgehead atoms. The van der Waals surface area contributed by atoms with Crippen molar-refractivity contribution in [3.05, 3.63) is 34.6 Å². The maximum atomic E-state index is 11.6. The molecular formula is C10H7Cl2N5O2. The van der Waals surface area contributed by atoms with Gasteiger partial charge in [0.05, 0.1) is 10.0 Å². The number of hydrogen-bond acceptors (Lipinski definition) is 4. The second-order valence-corrected chi connectivity index (χ2v) is 4.19. The predicted molar refractivity (Wildman–Crippen MR) is 70.1 cm³/mol. The summed E-state index contributed by atoms with van der Waals surface area (Å²) in [6.07, 6.45) is 1.20. The number of aromatic nitrogens is 3. The zero-order chi connectivity index (χ0) is 13.8. The number of carbonyl (C=O) groups is 2. The maximum Gasteiger partial charge on any atom is 0.316 e. The molecule has 1 aromatic carbocycles. The number of carbonyl (C=O) groups excluding carboxylic acids is 2. The van der Waals surface area contributed by atoms with Crippen LogP contribution in [0.15, 0.2) is 24.5 Å². The van der Waals surface area contributed by atoms with E-state index in [9.17, 15) is 9.59 Å². The highest BCUT2D eigenvalue weighted by molar-refractivity contribution is 6.44. The minimum Gasteiger partial charge on any atom is -0.318 e. The standard InChI is InChI=1S/C10H7Cl2N5O2/c11-6-2-1-5(3-7(6)12)15-8(18)9(19)16-10-13-4-14-17-10/h1-4H,(H,15,18)(H2,13,14,16,17,19). The molecule has 0 saturated heterocycles. The first-order valence-corrected chi connectivity index (χ1v) is 5.74.